The smallest absolute Gasteiger partial charge is 0.188 e. The lowest BCUT2D eigenvalue weighted by molar-refractivity contribution is 0.384. The predicted octanol–water partition coefficient (Wildman–Crippen LogP) is 1.15. The molecule has 0 aromatic heterocycles. The molecule has 0 saturated heterocycles. The quantitative estimate of drug-likeness (QED) is 0.530. The van der Waals surface area contributed by atoms with Crippen molar-refractivity contribution in [2.75, 3.05) is 20.8 Å². The van der Waals surface area contributed by atoms with Crippen molar-refractivity contribution in [2.24, 2.45) is 0 Å². The Morgan fingerprint density at radius 1 is 1.24 bits per heavy atom. The SMILES string of the molecule is [CH2]CNC(=N)NCc1c(OC)cccc1OC. The summed E-state index contributed by atoms with van der Waals surface area (Å²) in [6.07, 6.45) is 0. The zero-order valence-corrected chi connectivity index (χ0v) is 10.2. The Hall–Kier alpha value is -1.91. The molecule has 0 atom stereocenters. The second-order valence-electron chi connectivity index (χ2n) is 3.30. The number of hydrogen-bond donors (Lipinski definition) is 3. The van der Waals surface area contributed by atoms with Crippen LogP contribution in [-0.4, -0.2) is 26.7 Å². The van der Waals surface area contributed by atoms with Crippen molar-refractivity contribution in [3.05, 3.63) is 30.7 Å². The average molecular weight is 236 g/mol. The van der Waals surface area contributed by atoms with Crippen molar-refractivity contribution >= 4 is 5.96 Å². The van der Waals surface area contributed by atoms with Gasteiger partial charge in [-0.2, -0.15) is 0 Å². The molecular weight excluding hydrogens is 218 g/mol. The van der Waals surface area contributed by atoms with Crippen LogP contribution in [0.25, 0.3) is 0 Å². The monoisotopic (exact) mass is 236 g/mol. The second-order valence-corrected chi connectivity index (χ2v) is 3.30. The molecule has 17 heavy (non-hydrogen) atoms. The zero-order chi connectivity index (χ0) is 12.7. The highest BCUT2D eigenvalue weighted by Gasteiger charge is 2.09. The third kappa shape index (κ3) is 3.55. The fourth-order valence-corrected chi connectivity index (χ4v) is 1.47. The minimum atomic E-state index is 0.230. The van der Waals surface area contributed by atoms with Gasteiger partial charge in [-0.15, -0.1) is 0 Å². The van der Waals surface area contributed by atoms with Crippen molar-refractivity contribution in [1.29, 1.82) is 5.41 Å². The average Bonchev–Trinajstić information content (AvgIpc) is 2.36. The molecule has 1 aromatic carbocycles. The Labute approximate surface area is 102 Å². The fraction of sp³-hybridized carbons (Fsp3) is 0.333. The van der Waals surface area contributed by atoms with E-state index in [0.29, 0.717) is 13.1 Å². The molecule has 3 N–H and O–H groups in total. The van der Waals surface area contributed by atoms with Gasteiger partial charge in [0.2, 0.25) is 0 Å². The van der Waals surface area contributed by atoms with E-state index in [2.05, 4.69) is 17.6 Å². The van der Waals surface area contributed by atoms with Crippen LogP contribution in [0.5, 0.6) is 11.5 Å². The first-order valence-corrected chi connectivity index (χ1v) is 5.28. The number of hydrogen-bond acceptors (Lipinski definition) is 3. The number of nitrogens with one attached hydrogen (secondary N) is 3. The van der Waals surface area contributed by atoms with Gasteiger partial charge in [0.05, 0.1) is 26.3 Å². The molecule has 0 aliphatic carbocycles. The van der Waals surface area contributed by atoms with E-state index in [4.69, 9.17) is 14.9 Å². The highest BCUT2D eigenvalue weighted by molar-refractivity contribution is 5.76. The van der Waals surface area contributed by atoms with Crippen LogP contribution in [0.1, 0.15) is 5.56 Å². The van der Waals surface area contributed by atoms with E-state index in [1.54, 1.807) is 14.2 Å². The second kappa shape index (κ2) is 6.62. The van der Waals surface area contributed by atoms with E-state index >= 15 is 0 Å². The molecule has 0 aliphatic rings. The highest BCUT2D eigenvalue weighted by atomic mass is 16.5. The van der Waals surface area contributed by atoms with Gasteiger partial charge in [0.1, 0.15) is 11.5 Å². The Kier molecular flexibility index (Phi) is 5.13. The van der Waals surface area contributed by atoms with Gasteiger partial charge in [-0.1, -0.05) is 6.07 Å². The molecule has 0 saturated carbocycles. The number of benzene rings is 1. The number of ether oxygens (including phenoxy) is 2. The largest absolute Gasteiger partial charge is 0.496 e. The lowest BCUT2D eigenvalue weighted by atomic mass is 10.1. The van der Waals surface area contributed by atoms with E-state index in [0.717, 1.165) is 17.1 Å². The topological polar surface area (TPSA) is 66.4 Å². The first-order chi connectivity index (χ1) is 8.22. The Morgan fingerprint density at radius 2 is 1.82 bits per heavy atom. The van der Waals surface area contributed by atoms with E-state index in [-0.39, 0.29) is 5.96 Å². The van der Waals surface area contributed by atoms with Crippen LogP contribution >= 0.6 is 0 Å². The normalized spacial score (nSPS) is 9.59. The van der Waals surface area contributed by atoms with Crippen LogP contribution in [0.2, 0.25) is 0 Å². The standard InChI is InChI=1S/C12H18N3O2/c1-4-14-12(13)15-8-9-10(16-2)6-5-7-11(9)17-3/h5-7H,1,4,8H2,2-3H3,(H3,13,14,15). The van der Waals surface area contributed by atoms with Crippen LogP contribution in [0.15, 0.2) is 18.2 Å². The van der Waals surface area contributed by atoms with Crippen LogP contribution < -0.4 is 20.1 Å². The summed E-state index contributed by atoms with van der Waals surface area (Å²) in [4.78, 5) is 0. The molecule has 0 amide bonds. The minimum Gasteiger partial charge on any atom is -0.496 e. The van der Waals surface area contributed by atoms with Gasteiger partial charge in [-0.3, -0.25) is 5.41 Å². The molecule has 0 fully saturated rings. The molecule has 0 spiro atoms. The van der Waals surface area contributed by atoms with E-state index in [1.807, 2.05) is 18.2 Å². The van der Waals surface area contributed by atoms with Crippen molar-refractivity contribution in [3.8, 4) is 11.5 Å². The van der Waals surface area contributed by atoms with Crippen LogP contribution in [-0.2, 0) is 6.54 Å². The maximum atomic E-state index is 7.55. The third-order valence-electron chi connectivity index (χ3n) is 2.27. The zero-order valence-electron chi connectivity index (χ0n) is 10.2. The number of methoxy groups -OCH3 is 2. The Morgan fingerprint density at radius 3 is 2.29 bits per heavy atom. The first kappa shape index (κ1) is 13.2. The Balaban J connectivity index is 2.77. The van der Waals surface area contributed by atoms with Crippen LogP contribution in [0, 0.1) is 12.3 Å². The molecule has 5 heteroatoms. The van der Waals surface area contributed by atoms with Gasteiger partial charge in [-0.05, 0) is 19.1 Å². The summed E-state index contributed by atoms with van der Waals surface area (Å²) in [6.45, 7) is 4.53. The fourth-order valence-electron chi connectivity index (χ4n) is 1.47. The molecule has 0 aliphatic heterocycles. The molecular formula is C12H18N3O2. The summed E-state index contributed by atoms with van der Waals surface area (Å²) in [7, 11) is 3.22. The van der Waals surface area contributed by atoms with E-state index in [9.17, 15) is 0 Å². The Bertz CT molecular complexity index is 358. The summed E-state index contributed by atoms with van der Waals surface area (Å²) in [5.41, 5.74) is 0.883. The molecule has 5 nitrogen and oxygen atoms in total. The van der Waals surface area contributed by atoms with Gasteiger partial charge in [0.15, 0.2) is 5.96 Å². The van der Waals surface area contributed by atoms with Crippen molar-refractivity contribution < 1.29 is 9.47 Å². The molecule has 1 rings (SSSR count). The summed E-state index contributed by atoms with van der Waals surface area (Å²) in [6, 6.07) is 5.58. The number of rotatable bonds is 5. The molecule has 1 radical (unpaired) electrons. The van der Waals surface area contributed by atoms with Gasteiger partial charge >= 0.3 is 0 Å². The minimum absolute atomic E-state index is 0.230. The predicted molar refractivity (Wildman–Crippen MR) is 67.5 cm³/mol. The number of guanidine groups is 1. The van der Waals surface area contributed by atoms with Crippen molar-refractivity contribution in [3.63, 3.8) is 0 Å². The van der Waals surface area contributed by atoms with E-state index in [1.165, 1.54) is 0 Å². The molecule has 0 unspecified atom stereocenters. The maximum absolute atomic E-state index is 7.55. The molecule has 1 aromatic rings. The summed E-state index contributed by atoms with van der Waals surface area (Å²) in [5, 5.41) is 13.2. The van der Waals surface area contributed by atoms with Gasteiger partial charge in [0, 0.05) is 6.54 Å². The summed E-state index contributed by atoms with van der Waals surface area (Å²) in [5.74, 6) is 1.70. The lowest BCUT2D eigenvalue weighted by Gasteiger charge is -2.14. The van der Waals surface area contributed by atoms with Gasteiger partial charge in [-0.25, -0.2) is 0 Å². The van der Waals surface area contributed by atoms with Crippen molar-refractivity contribution in [1.82, 2.24) is 10.6 Å². The van der Waals surface area contributed by atoms with Crippen molar-refractivity contribution in [2.45, 2.75) is 6.54 Å². The summed E-state index contributed by atoms with van der Waals surface area (Å²) < 4.78 is 10.5. The maximum Gasteiger partial charge on any atom is 0.188 e. The van der Waals surface area contributed by atoms with Gasteiger partial charge < -0.3 is 20.1 Å². The molecule has 93 valence electrons. The molecule has 0 bridgehead atoms. The van der Waals surface area contributed by atoms with Crippen LogP contribution in [0.3, 0.4) is 0 Å². The van der Waals surface area contributed by atoms with Gasteiger partial charge in [0.25, 0.3) is 0 Å². The summed E-state index contributed by atoms with van der Waals surface area (Å²) >= 11 is 0. The lowest BCUT2D eigenvalue weighted by Crippen LogP contribution is -2.35. The first-order valence-electron chi connectivity index (χ1n) is 5.28. The molecule has 0 heterocycles. The third-order valence-corrected chi connectivity index (χ3v) is 2.27. The van der Waals surface area contributed by atoms with Crippen LogP contribution in [0.4, 0.5) is 0 Å². The highest BCUT2D eigenvalue weighted by Crippen LogP contribution is 2.27. The van der Waals surface area contributed by atoms with E-state index < -0.39 is 0 Å².